The van der Waals surface area contributed by atoms with Crippen LogP contribution in [0.1, 0.15) is 23.9 Å². The second kappa shape index (κ2) is 10.4. The Morgan fingerprint density at radius 3 is 2.22 bits per heavy atom. The first-order chi connectivity index (χ1) is 15.7. The van der Waals surface area contributed by atoms with Crippen molar-refractivity contribution in [2.24, 2.45) is 4.99 Å². The molecule has 0 saturated carbocycles. The van der Waals surface area contributed by atoms with E-state index >= 15 is 0 Å². The van der Waals surface area contributed by atoms with E-state index in [0.717, 1.165) is 41.4 Å². The van der Waals surface area contributed by atoms with E-state index in [2.05, 4.69) is 44.7 Å². The third-order valence-corrected chi connectivity index (χ3v) is 4.84. The summed E-state index contributed by atoms with van der Waals surface area (Å²) < 4.78 is 11.2. The van der Waals surface area contributed by atoms with Crippen molar-refractivity contribution in [3.8, 4) is 22.9 Å². The summed E-state index contributed by atoms with van der Waals surface area (Å²) in [5, 5.41) is 6.58. The van der Waals surface area contributed by atoms with Crippen molar-refractivity contribution in [2.75, 3.05) is 13.1 Å². The van der Waals surface area contributed by atoms with Crippen molar-refractivity contribution < 1.29 is 8.83 Å². The molecular weight excluding hydrogens is 402 g/mol. The van der Waals surface area contributed by atoms with Gasteiger partial charge in [0, 0.05) is 30.6 Å². The third kappa shape index (κ3) is 5.63. The third-order valence-electron chi connectivity index (χ3n) is 4.84. The van der Waals surface area contributed by atoms with Crippen LogP contribution in [0.3, 0.4) is 0 Å². The van der Waals surface area contributed by atoms with E-state index in [-0.39, 0.29) is 0 Å². The standard InChI is InChI=1S/C25H27N5O2/c1-3-26-25(28-15-22-17-32-23(30-22)19-7-5-4-6-8-19)27-14-13-21-16-31-24(29-21)20-11-9-18(2)10-12-20/h4-12,16-17H,3,13-15H2,1-2H3,(H2,26,27,28). The minimum atomic E-state index is 0.424. The summed E-state index contributed by atoms with van der Waals surface area (Å²) in [6.45, 7) is 5.96. The van der Waals surface area contributed by atoms with Gasteiger partial charge in [0.05, 0.1) is 12.2 Å². The highest BCUT2D eigenvalue weighted by Crippen LogP contribution is 2.19. The molecule has 0 aliphatic carbocycles. The number of aliphatic imine (C=N–C) groups is 1. The fourth-order valence-electron chi connectivity index (χ4n) is 3.15. The van der Waals surface area contributed by atoms with Gasteiger partial charge in [0.25, 0.3) is 0 Å². The van der Waals surface area contributed by atoms with E-state index in [1.807, 2.05) is 49.4 Å². The summed E-state index contributed by atoms with van der Waals surface area (Å²) in [6, 6.07) is 18.0. The fraction of sp³-hybridized carbons (Fsp3) is 0.240. The lowest BCUT2D eigenvalue weighted by molar-refractivity contribution is 0.572. The molecule has 0 spiro atoms. The average molecular weight is 430 g/mol. The Balaban J connectivity index is 1.31. The van der Waals surface area contributed by atoms with Crippen molar-refractivity contribution in [3.05, 3.63) is 84.1 Å². The van der Waals surface area contributed by atoms with E-state index in [4.69, 9.17) is 8.83 Å². The Kier molecular flexibility index (Phi) is 6.97. The molecule has 2 aromatic carbocycles. The number of guanidine groups is 1. The number of hydrogen-bond acceptors (Lipinski definition) is 5. The zero-order valence-electron chi connectivity index (χ0n) is 18.3. The van der Waals surface area contributed by atoms with Crippen LogP contribution in [-0.2, 0) is 13.0 Å². The Hall–Kier alpha value is -3.87. The lowest BCUT2D eigenvalue weighted by Crippen LogP contribution is -2.38. The number of nitrogens with zero attached hydrogens (tertiary/aromatic N) is 3. The normalized spacial score (nSPS) is 11.5. The van der Waals surface area contributed by atoms with Crippen LogP contribution in [0.15, 0.2) is 81.0 Å². The van der Waals surface area contributed by atoms with Crippen LogP contribution in [0.2, 0.25) is 0 Å². The van der Waals surface area contributed by atoms with Crippen molar-refractivity contribution in [3.63, 3.8) is 0 Å². The van der Waals surface area contributed by atoms with Gasteiger partial charge >= 0.3 is 0 Å². The highest BCUT2D eigenvalue weighted by molar-refractivity contribution is 5.79. The van der Waals surface area contributed by atoms with Gasteiger partial charge in [0.2, 0.25) is 11.8 Å². The number of nitrogens with one attached hydrogen (secondary N) is 2. The van der Waals surface area contributed by atoms with Gasteiger partial charge in [-0.25, -0.2) is 15.0 Å². The molecule has 0 aliphatic rings. The number of rotatable bonds is 8. The molecule has 0 bridgehead atoms. The maximum Gasteiger partial charge on any atom is 0.226 e. The van der Waals surface area contributed by atoms with Crippen molar-refractivity contribution in [2.45, 2.75) is 26.8 Å². The maximum absolute atomic E-state index is 5.64. The second-order valence-electron chi connectivity index (χ2n) is 7.39. The minimum Gasteiger partial charge on any atom is -0.444 e. The van der Waals surface area contributed by atoms with Crippen molar-refractivity contribution >= 4 is 5.96 Å². The number of aryl methyl sites for hydroxylation is 1. The van der Waals surface area contributed by atoms with Crippen LogP contribution in [0.25, 0.3) is 22.9 Å². The van der Waals surface area contributed by atoms with Crippen LogP contribution >= 0.6 is 0 Å². The van der Waals surface area contributed by atoms with Gasteiger partial charge in [0.1, 0.15) is 18.2 Å². The number of oxazole rings is 2. The summed E-state index contributed by atoms with van der Waals surface area (Å²) in [7, 11) is 0. The lowest BCUT2D eigenvalue weighted by Gasteiger charge is -2.10. The molecule has 4 aromatic rings. The van der Waals surface area contributed by atoms with E-state index in [0.29, 0.717) is 24.9 Å². The van der Waals surface area contributed by atoms with Crippen LogP contribution in [0.4, 0.5) is 0 Å². The molecule has 32 heavy (non-hydrogen) atoms. The molecule has 0 aliphatic heterocycles. The summed E-state index contributed by atoms with van der Waals surface area (Å²) in [4.78, 5) is 13.7. The highest BCUT2D eigenvalue weighted by Gasteiger charge is 2.08. The molecule has 2 aromatic heterocycles. The van der Waals surface area contributed by atoms with E-state index in [9.17, 15) is 0 Å². The summed E-state index contributed by atoms with van der Waals surface area (Å²) in [5.41, 5.74) is 4.81. The van der Waals surface area contributed by atoms with Crippen molar-refractivity contribution in [1.82, 2.24) is 20.6 Å². The number of aromatic nitrogens is 2. The zero-order valence-corrected chi connectivity index (χ0v) is 18.3. The molecule has 7 nitrogen and oxygen atoms in total. The number of benzene rings is 2. The van der Waals surface area contributed by atoms with Gasteiger partial charge in [-0.3, -0.25) is 0 Å². The quantitative estimate of drug-likeness (QED) is 0.314. The predicted octanol–water partition coefficient (Wildman–Crippen LogP) is 4.60. The average Bonchev–Trinajstić information content (AvgIpc) is 3.49. The molecule has 0 amide bonds. The van der Waals surface area contributed by atoms with Gasteiger partial charge < -0.3 is 19.5 Å². The molecule has 164 valence electrons. The molecule has 4 rings (SSSR count). The molecule has 0 atom stereocenters. The van der Waals surface area contributed by atoms with Gasteiger partial charge in [-0.05, 0) is 38.1 Å². The monoisotopic (exact) mass is 429 g/mol. The van der Waals surface area contributed by atoms with Gasteiger partial charge in [0.15, 0.2) is 5.96 Å². The molecule has 7 heteroatoms. The van der Waals surface area contributed by atoms with E-state index in [1.165, 1.54) is 5.56 Å². The predicted molar refractivity (Wildman–Crippen MR) is 125 cm³/mol. The van der Waals surface area contributed by atoms with Gasteiger partial charge in [-0.2, -0.15) is 0 Å². The molecule has 0 unspecified atom stereocenters. The summed E-state index contributed by atoms with van der Waals surface area (Å²) >= 11 is 0. The van der Waals surface area contributed by atoms with E-state index in [1.54, 1.807) is 12.5 Å². The fourth-order valence-corrected chi connectivity index (χ4v) is 3.15. The molecular formula is C25H27N5O2. The summed E-state index contributed by atoms with van der Waals surface area (Å²) in [6.07, 6.45) is 4.08. The summed E-state index contributed by atoms with van der Waals surface area (Å²) in [5.74, 6) is 1.96. The van der Waals surface area contributed by atoms with Gasteiger partial charge in [-0.1, -0.05) is 35.9 Å². The second-order valence-corrected chi connectivity index (χ2v) is 7.39. The van der Waals surface area contributed by atoms with Crippen LogP contribution < -0.4 is 10.6 Å². The topological polar surface area (TPSA) is 88.5 Å². The maximum atomic E-state index is 5.64. The number of hydrogen-bond donors (Lipinski definition) is 2. The Labute approximate surface area is 187 Å². The zero-order chi connectivity index (χ0) is 22.2. The van der Waals surface area contributed by atoms with Crippen LogP contribution in [-0.4, -0.2) is 29.0 Å². The minimum absolute atomic E-state index is 0.424. The Morgan fingerprint density at radius 2 is 1.50 bits per heavy atom. The molecule has 0 saturated heterocycles. The largest absolute Gasteiger partial charge is 0.444 e. The molecule has 0 radical (unpaired) electrons. The Bertz CT molecular complexity index is 1150. The van der Waals surface area contributed by atoms with E-state index < -0.39 is 0 Å². The van der Waals surface area contributed by atoms with Gasteiger partial charge in [-0.15, -0.1) is 0 Å². The highest BCUT2D eigenvalue weighted by atomic mass is 16.3. The van der Waals surface area contributed by atoms with Crippen LogP contribution in [0.5, 0.6) is 0 Å². The first-order valence-electron chi connectivity index (χ1n) is 10.7. The first-order valence-corrected chi connectivity index (χ1v) is 10.7. The smallest absolute Gasteiger partial charge is 0.226 e. The SMILES string of the molecule is CCNC(=NCc1coc(-c2ccccc2)n1)NCCc1coc(-c2ccc(C)cc2)n1. The molecule has 2 heterocycles. The van der Waals surface area contributed by atoms with Crippen molar-refractivity contribution in [1.29, 1.82) is 0 Å². The first kappa shape index (κ1) is 21.4. The van der Waals surface area contributed by atoms with Crippen LogP contribution in [0, 0.1) is 6.92 Å². The lowest BCUT2D eigenvalue weighted by atomic mass is 10.1. The molecule has 0 fully saturated rings. The molecule has 2 N–H and O–H groups in total. The Morgan fingerprint density at radius 1 is 0.844 bits per heavy atom.